The van der Waals surface area contributed by atoms with Gasteiger partial charge in [-0.3, -0.25) is 4.79 Å². The molecule has 1 fully saturated rings. The van der Waals surface area contributed by atoms with Crippen LogP contribution in [0.1, 0.15) is 24.8 Å². The Kier molecular flexibility index (Phi) is 3.96. The highest BCUT2D eigenvalue weighted by molar-refractivity contribution is 5.76. The smallest absolute Gasteiger partial charge is 0.224 e. The number of pyridine rings is 1. The summed E-state index contributed by atoms with van der Waals surface area (Å²) in [6.45, 7) is 4.53. The number of likely N-dealkylation sites (tertiary alicyclic amines) is 1. The minimum absolute atomic E-state index is 0.252. The van der Waals surface area contributed by atoms with Gasteiger partial charge in [-0.2, -0.15) is 0 Å². The van der Waals surface area contributed by atoms with Gasteiger partial charge in [0.2, 0.25) is 5.91 Å². The van der Waals surface area contributed by atoms with E-state index in [4.69, 9.17) is 0 Å². The Labute approximate surface area is 102 Å². The van der Waals surface area contributed by atoms with E-state index in [1.165, 1.54) is 0 Å². The zero-order valence-corrected chi connectivity index (χ0v) is 10.3. The largest absolute Gasteiger partial charge is 0.370 e. The lowest BCUT2D eigenvalue weighted by atomic mass is 10.3. The van der Waals surface area contributed by atoms with Gasteiger partial charge in [-0.15, -0.1) is 0 Å². The third-order valence-corrected chi connectivity index (χ3v) is 3.02. The van der Waals surface area contributed by atoms with E-state index in [1.54, 1.807) is 0 Å². The lowest BCUT2D eigenvalue weighted by Crippen LogP contribution is -2.29. The average Bonchev–Trinajstić information content (AvgIpc) is 2.85. The lowest BCUT2D eigenvalue weighted by molar-refractivity contribution is -0.129. The van der Waals surface area contributed by atoms with Gasteiger partial charge in [0.05, 0.1) is 0 Å². The van der Waals surface area contributed by atoms with Crippen molar-refractivity contribution in [2.24, 2.45) is 0 Å². The number of hydrogen-bond acceptors (Lipinski definition) is 3. The maximum Gasteiger partial charge on any atom is 0.224 e. The molecule has 0 unspecified atom stereocenters. The molecular formula is C13H19N3O. The van der Waals surface area contributed by atoms with E-state index in [9.17, 15) is 4.79 Å². The fourth-order valence-corrected chi connectivity index (χ4v) is 1.99. The summed E-state index contributed by atoms with van der Waals surface area (Å²) in [5.41, 5.74) is 1.14. The molecule has 1 aromatic heterocycles. The van der Waals surface area contributed by atoms with E-state index in [-0.39, 0.29) is 5.91 Å². The van der Waals surface area contributed by atoms with Crippen LogP contribution >= 0.6 is 0 Å². The van der Waals surface area contributed by atoms with Crippen molar-refractivity contribution < 1.29 is 4.79 Å². The van der Waals surface area contributed by atoms with Gasteiger partial charge in [0.15, 0.2) is 0 Å². The summed E-state index contributed by atoms with van der Waals surface area (Å²) in [5, 5.41) is 3.17. The number of rotatable bonds is 4. The summed E-state index contributed by atoms with van der Waals surface area (Å²) in [6.07, 6.45) is 4.68. The summed E-state index contributed by atoms with van der Waals surface area (Å²) in [7, 11) is 0. The van der Waals surface area contributed by atoms with Gasteiger partial charge < -0.3 is 10.2 Å². The Hall–Kier alpha value is -1.58. The molecule has 1 aliphatic rings. The Morgan fingerprint density at radius 3 is 2.82 bits per heavy atom. The molecule has 0 aromatic carbocycles. The maximum absolute atomic E-state index is 11.8. The molecule has 0 saturated carbocycles. The van der Waals surface area contributed by atoms with Gasteiger partial charge in [-0.25, -0.2) is 4.98 Å². The summed E-state index contributed by atoms with van der Waals surface area (Å²) < 4.78 is 0. The number of anilines is 1. The first kappa shape index (κ1) is 11.9. The van der Waals surface area contributed by atoms with Crippen molar-refractivity contribution in [3.8, 4) is 0 Å². The van der Waals surface area contributed by atoms with Gasteiger partial charge >= 0.3 is 0 Å². The number of amides is 1. The van der Waals surface area contributed by atoms with Crippen molar-refractivity contribution in [3.05, 3.63) is 23.9 Å². The monoisotopic (exact) mass is 233 g/mol. The molecule has 1 amide bonds. The summed E-state index contributed by atoms with van der Waals surface area (Å²) in [5.74, 6) is 1.09. The van der Waals surface area contributed by atoms with E-state index < -0.39 is 0 Å². The van der Waals surface area contributed by atoms with Crippen molar-refractivity contribution in [2.75, 3.05) is 25.0 Å². The van der Waals surface area contributed by atoms with Crippen LogP contribution in [-0.2, 0) is 4.79 Å². The minimum Gasteiger partial charge on any atom is -0.370 e. The predicted molar refractivity (Wildman–Crippen MR) is 67.9 cm³/mol. The molecule has 0 aliphatic carbocycles. The molecule has 17 heavy (non-hydrogen) atoms. The molecule has 2 heterocycles. The second kappa shape index (κ2) is 5.66. The van der Waals surface area contributed by atoms with Crippen molar-refractivity contribution in [1.29, 1.82) is 0 Å². The summed E-state index contributed by atoms with van der Waals surface area (Å²) in [4.78, 5) is 17.9. The SMILES string of the molecule is Cc1ccc(NCCC(=O)N2CCCC2)nc1. The maximum atomic E-state index is 11.8. The first-order valence-corrected chi connectivity index (χ1v) is 6.20. The number of nitrogens with one attached hydrogen (secondary N) is 1. The molecule has 1 saturated heterocycles. The van der Waals surface area contributed by atoms with Crippen LogP contribution in [0.25, 0.3) is 0 Å². The normalized spacial score (nSPS) is 15.0. The Morgan fingerprint density at radius 2 is 2.18 bits per heavy atom. The zero-order chi connectivity index (χ0) is 12.1. The summed E-state index contributed by atoms with van der Waals surface area (Å²) in [6, 6.07) is 3.95. The van der Waals surface area contributed by atoms with Gasteiger partial charge in [0.1, 0.15) is 5.82 Å². The van der Waals surface area contributed by atoms with Crippen molar-refractivity contribution in [3.63, 3.8) is 0 Å². The quantitative estimate of drug-likeness (QED) is 0.862. The highest BCUT2D eigenvalue weighted by atomic mass is 16.2. The highest BCUT2D eigenvalue weighted by Crippen LogP contribution is 2.09. The molecular weight excluding hydrogens is 214 g/mol. The van der Waals surface area contributed by atoms with E-state index >= 15 is 0 Å². The summed E-state index contributed by atoms with van der Waals surface area (Å²) >= 11 is 0. The molecule has 0 atom stereocenters. The van der Waals surface area contributed by atoms with E-state index in [2.05, 4.69) is 10.3 Å². The van der Waals surface area contributed by atoms with E-state index in [1.807, 2.05) is 30.2 Å². The molecule has 0 bridgehead atoms. The van der Waals surface area contributed by atoms with Crippen molar-refractivity contribution >= 4 is 11.7 Å². The fourth-order valence-electron chi connectivity index (χ4n) is 1.99. The molecule has 4 nitrogen and oxygen atoms in total. The molecule has 4 heteroatoms. The zero-order valence-electron chi connectivity index (χ0n) is 10.3. The van der Waals surface area contributed by atoms with Crippen LogP contribution in [-0.4, -0.2) is 35.4 Å². The van der Waals surface area contributed by atoms with Crippen LogP contribution in [0.3, 0.4) is 0 Å². The molecule has 1 aliphatic heterocycles. The van der Waals surface area contributed by atoms with Crippen LogP contribution in [0.5, 0.6) is 0 Å². The fraction of sp³-hybridized carbons (Fsp3) is 0.538. The third-order valence-electron chi connectivity index (χ3n) is 3.02. The second-order valence-corrected chi connectivity index (χ2v) is 4.49. The Morgan fingerprint density at radius 1 is 1.41 bits per heavy atom. The Bertz CT molecular complexity index is 369. The topological polar surface area (TPSA) is 45.2 Å². The first-order valence-electron chi connectivity index (χ1n) is 6.20. The predicted octanol–water partition coefficient (Wildman–Crippen LogP) is 1.81. The van der Waals surface area contributed by atoms with E-state index in [0.717, 1.165) is 37.3 Å². The lowest BCUT2D eigenvalue weighted by Gasteiger charge is -2.15. The van der Waals surface area contributed by atoms with Gasteiger partial charge in [0, 0.05) is 32.3 Å². The Balaban J connectivity index is 1.72. The van der Waals surface area contributed by atoms with Gasteiger partial charge in [0.25, 0.3) is 0 Å². The van der Waals surface area contributed by atoms with Crippen LogP contribution < -0.4 is 5.32 Å². The number of nitrogens with zero attached hydrogens (tertiary/aromatic N) is 2. The van der Waals surface area contributed by atoms with E-state index in [0.29, 0.717) is 13.0 Å². The second-order valence-electron chi connectivity index (χ2n) is 4.49. The van der Waals surface area contributed by atoms with Crippen LogP contribution in [0, 0.1) is 6.92 Å². The van der Waals surface area contributed by atoms with Gasteiger partial charge in [-0.05, 0) is 31.4 Å². The molecule has 92 valence electrons. The number of carbonyl (C=O) groups is 1. The minimum atomic E-state index is 0.252. The molecule has 0 radical (unpaired) electrons. The van der Waals surface area contributed by atoms with Crippen molar-refractivity contribution in [2.45, 2.75) is 26.2 Å². The van der Waals surface area contributed by atoms with Crippen LogP contribution in [0.4, 0.5) is 5.82 Å². The molecule has 2 rings (SSSR count). The first-order chi connectivity index (χ1) is 8.25. The van der Waals surface area contributed by atoms with Gasteiger partial charge in [-0.1, -0.05) is 6.07 Å². The van der Waals surface area contributed by atoms with Crippen LogP contribution in [0.2, 0.25) is 0 Å². The highest BCUT2D eigenvalue weighted by Gasteiger charge is 2.16. The number of hydrogen-bond donors (Lipinski definition) is 1. The molecule has 1 aromatic rings. The number of carbonyl (C=O) groups excluding carboxylic acids is 1. The number of aryl methyl sites for hydroxylation is 1. The van der Waals surface area contributed by atoms with Crippen LogP contribution in [0.15, 0.2) is 18.3 Å². The standard InChI is InChI=1S/C13H19N3O/c1-11-4-5-12(15-10-11)14-7-6-13(17)16-8-2-3-9-16/h4-5,10H,2-3,6-9H2,1H3,(H,14,15). The average molecular weight is 233 g/mol. The number of aromatic nitrogens is 1. The van der Waals surface area contributed by atoms with Crippen molar-refractivity contribution in [1.82, 2.24) is 9.88 Å². The third kappa shape index (κ3) is 3.44. The molecule has 1 N–H and O–H groups in total. The molecule has 0 spiro atoms.